The van der Waals surface area contributed by atoms with Crippen molar-refractivity contribution in [3.05, 3.63) is 75.8 Å². The van der Waals surface area contributed by atoms with Crippen LogP contribution >= 0.6 is 0 Å². The summed E-state index contributed by atoms with van der Waals surface area (Å²) in [6.45, 7) is 6.81. The molecule has 1 aliphatic heterocycles. The van der Waals surface area contributed by atoms with Crippen LogP contribution in [0.25, 0.3) is 16.8 Å². The van der Waals surface area contributed by atoms with Gasteiger partial charge >= 0.3 is 0 Å². The molecule has 0 bridgehead atoms. The summed E-state index contributed by atoms with van der Waals surface area (Å²) in [5, 5.41) is 6.50. The number of benzene rings is 3. The van der Waals surface area contributed by atoms with E-state index in [9.17, 15) is 9.59 Å². The van der Waals surface area contributed by atoms with E-state index in [1.807, 2.05) is 62.4 Å². The third-order valence-electron chi connectivity index (χ3n) is 5.73. The van der Waals surface area contributed by atoms with Crippen LogP contribution in [0.15, 0.2) is 53.5 Å². The topological polar surface area (TPSA) is 67.8 Å². The van der Waals surface area contributed by atoms with Gasteiger partial charge in [-0.1, -0.05) is 36.4 Å². The van der Waals surface area contributed by atoms with Gasteiger partial charge in [-0.15, -0.1) is 0 Å². The lowest BCUT2D eigenvalue weighted by atomic mass is 9.98. The van der Waals surface area contributed by atoms with E-state index in [4.69, 9.17) is 4.74 Å². The number of nitrogens with zero attached hydrogens (tertiary/aromatic N) is 1. The Bertz CT molecular complexity index is 1290. The summed E-state index contributed by atoms with van der Waals surface area (Å²) in [6, 6.07) is 15.6. The minimum absolute atomic E-state index is 0.162. The Labute approximate surface area is 181 Å². The highest BCUT2D eigenvalue weighted by Crippen LogP contribution is 2.28. The van der Waals surface area contributed by atoms with Crippen molar-refractivity contribution in [3.63, 3.8) is 0 Å². The van der Waals surface area contributed by atoms with Crippen LogP contribution in [0.5, 0.6) is 5.75 Å². The summed E-state index contributed by atoms with van der Waals surface area (Å²) >= 11 is 0. The summed E-state index contributed by atoms with van der Waals surface area (Å²) in [5.74, 6) is -0.139. The molecule has 158 valence electrons. The number of hydrogen-bond donors (Lipinski definition) is 1. The summed E-state index contributed by atoms with van der Waals surface area (Å²) in [6.07, 6.45) is 2.46. The van der Waals surface area contributed by atoms with E-state index in [1.54, 1.807) is 0 Å². The highest BCUT2D eigenvalue weighted by atomic mass is 16.5. The summed E-state index contributed by atoms with van der Waals surface area (Å²) in [4.78, 5) is 29.8. The lowest BCUT2D eigenvalue weighted by molar-refractivity contribution is -0.120. The van der Waals surface area contributed by atoms with Crippen molar-refractivity contribution in [2.45, 2.75) is 27.2 Å². The number of rotatable bonds is 6. The first-order valence-electron chi connectivity index (χ1n) is 10.6. The van der Waals surface area contributed by atoms with E-state index < -0.39 is 0 Å². The van der Waals surface area contributed by atoms with E-state index in [0.29, 0.717) is 30.9 Å². The number of hydrogen-bond acceptors (Lipinski definition) is 3. The van der Waals surface area contributed by atoms with Crippen molar-refractivity contribution in [2.75, 3.05) is 13.2 Å². The maximum Gasteiger partial charge on any atom is 0.255 e. The number of aryl methyl sites for hydroxylation is 2. The molecule has 0 saturated carbocycles. The normalized spacial score (nSPS) is 15.1. The molecule has 1 N–H and O–H groups in total. The van der Waals surface area contributed by atoms with Gasteiger partial charge in [-0.25, -0.2) is 4.99 Å². The van der Waals surface area contributed by atoms with Gasteiger partial charge in [0.25, 0.3) is 11.8 Å². The van der Waals surface area contributed by atoms with Crippen molar-refractivity contribution in [2.24, 2.45) is 10.9 Å². The second-order valence-corrected chi connectivity index (χ2v) is 7.86. The van der Waals surface area contributed by atoms with Gasteiger partial charge in [0.05, 0.1) is 23.4 Å². The Morgan fingerprint density at radius 2 is 1.87 bits per heavy atom. The van der Waals surface area contributed by atoms with Crippen LogP contribution in [-0.4, -0.2) is 25.0 Å². The average molecular weight is 415 g/mol. The van der Waals surface area contributed by atoms with E-state index in [-0.39, 0.29) is 17.7 Å². The predicted molar refractivity (Wildman–Crippen MR) is 122 cm³/mol. The zero-order chi connectivity index (χ0) is 22.0. The number of amides is 2. The van der Waals surface area contributed by atoms with Crippen LogP contribution < -0.4 is 20.6 Å². The van der Waals surface area contributed by atoms with E-state index >= 15 is 0 Å². The molecule has 0 fully saturated rings. The Hall–Kier alpha value is -3.47. The van der Waals surface area contributed by atoms with Crippen molar-refractivity contribution in [3.8, 4) is 5.75 Å². The smallest absolute Gasteiger partial charge is 0.255 e. The molecule has 0 radical (unpaired) electrons. The zero-order valence-corrected chi connectivity index (χ0v) is 18.1. The first kappa shape index (κ1) is 20.8. The molecule has 1 atom stereocenters. The van der Waals surface area contributed by atoms with Gasteiger partial charge in [0.15, 0.2) is 0 Å². The lowest BCUT2D eigenvalue weighted by Gasteiger charge is -2.16. The van der Waals surface area contributed by atoms with Gasteiger partial charge in [-0.3, -0.25) is 9.59 Å². The number of nitrogens with one attached hydrogen (secondary N) is 1. The van der Waals surface area contributed by atoms with Gasteiger partial charge in [-0.2, -0.15) is 0 Å². The monoisotopic (exact) mass is 414 g/mol. The predicted octanol–water partition coefficient (Wildman–Crippen LogP) is 3.23. The minimum Gasteiger partial charge on any atom is -0.493 e. The summed E-state index contributed by atoms with van der Waals surface area (Å²) in [5.41, 5.74) is 2.82. The van der Waals surface area contributed by atoms with Crippen LogP contribution in [0.3, 0.4) is 0 Å². The minimum atomic E-state index is -0.339. The fraction of sp³-hybridized carbons (Fsp3) is 0.269. The Morgan fingerprint density at radius 1 is 1.10 bits per heavy atom. The molecule has 1 unspecified atom stereocenters. The van der Waals surface area contributed by atoms with E-state index in [0.717, 1.165) is 26.9 Å². The number of fused-ring (bicyclic) bond motifs is 2. The van der Waals surface area contributed by atoms with E-state index in [2.05, 4.69) is 23.3 Å². The quantitative estimate of drug-likeness (QED) is 0.673. The van der Waals surface area contributed by atoms with E-state index in [1.165, 1.54) is 5.56 Å². The van der Waals surface area contributed by atoms with Gasteiger partial charge in [0.2, 0.25) is 0 Å². The maximum absolute atomic E-state index is 13.0. The van der Waals surface area contributed by atoms with Gasteiger partial charge in [0.1, 0.15) is 5.75 Å². The first-order valence-corrected chi connectivity index (χ1v) is 10.6. The second kappa shape index (κ2) is 8.72. The zero-order valence-electron chi connectivity index (χ0n) is 18.1. The van der Waals surface area contributed by atoms with Crippen LogP contribution in [0, 0.1) is 19.8 Å². The van der Waals surface area contributed by atoms with Crippen LogP contribution in [0.2, 0.25) is 0 Å². The maximum atomic E-state index is 13.0. The van der Waals surface area contributed by atoms with Gasteiger partial charge in [-0.05, 0) is 72.5 Å². The van der Waals surface area contributed by atoms with Crippen LogP contribution in [0.4, 0.5) is 0 Å². The van der Waals surface area contributed by atoms with Crippen LogP contribution in [0.1, 0.15) is 34.8 Å². The second-order valence-electron chi connectivity index (χ2n) is 7.86. The molecular weight excluding hydrogens is 388 g/mol. The molecule has 1 aliphatic rings. The van der Waals surface area contributed by atoms with Gasteiger partial charge in [0, 0.05) is 6.54 Å². The van der Waals surface area contributed by atoms with Crippen LogP contribution in [-0.2, 0) is 4.79 Å². The molecule has 5 nitrogen and oxygen atoms in total. The van der Waals surface area contributed by atoms with Crippen molar-refractivity contribution >= 4 is 28.7 Å². The number of carbonyl (C=O) groups is 2. The highest BCUT2D eigenvalue weighted by molar-refractivity contribution is 6.09. The Morgan fingerprint density at radius 3 is 2.68 bits per heavy atom. The average Bonchev–Trinajstić information content (AvgIpc) is 2.75. The van der Waals surface area contributed by atoms with Crippen molar-refractivity contribution in [1.82, 2.24) is 5.32 Å². The molecule has 0 spiro atoms. The molecule has 0 aromatic heterocycles. The molecule has 0 aliphatic carbocycles. The summed E-state index contributed by atoms with van der Waals surface area (Å²) < 4.78 is 5.70. The Kier molecular flexibility index (Phi) is 5.85. The molecular formula is C26H26N2O3. The fourth-order valence-electron chi connectivity index (χ4n) is 3.94. The first-order chi connectivity index (χ1) is 15.0. The third-order valence-corrected chi connectivity index (χ3v) is 5.73. The number of ether oxygens (including phenoxy) is 1. The fourth-order valence-corrected chi connectivity index (χ4v) is 3.94. The molecule has 3 aromatic rings. The standard InChI is InChI=1S/C26H26N2O3/c1-4-31-23-10-9-18-7-5-6-8-21(18)24(23)26(30)27-12-11-19-15-20-13-16(2)17(3)14-22(20)28-25(19)29/h5-10,13-15,19H,4,11-12H2,1-3H3,(H,27,30). The SMILES string of the molecule is CCOc1ccc2ccccc2c1C(=O)NCCC1C=c2cc(C)c(C)cc2=NC1=O. The van der Waals surface area contributed by atoms with Crippen molar-refractivity contribution in [1.29, 1.82) is 0 Å². The number of carbonyl (C=O) groups excluding carboxylic acids is 2. The lowest BCUT2D eigenvalue weighted by Crippen LogP contribution is -2.36. The van der Waals surface area contributed by atoms with Crippen molar-refractivity contribution < 1.29 is 14.3 Å². The summed E-state index contributed by atoms with van der Waals surface area (Å²) in [7, 11) is 0. The highest BCUT2D eigenvalue weighted by Gasteiger charge is 2.20. The third kappa shape index (κ3) is 4.22. The molecule has 3 aromatic carbocycles. The molecule has 1 heterocycles. The molecule has 5 heteroatoms. The molecule has 2 amide bonds. The van der Waals surface area contributed by atoms with Gasteiger partial charge < -0.3 is 10.1 Å². The molecule has 0 saturated heterocycles. The molecule has 31 heavy (non-hydrogen) atoms. The Balaban J connectivity index is 1.52. The molecule has 4 rings (SSSR count). The largest absolute Gasteiger partial charge is 0.493 e.